The summed E-state index contributed by atoms with van der Waals surface area (Å²) in [5, 5.41) is 23.9. The smallest absolute Gasteiger partial charge is 0.253 e. The van der Waals surface area contributed by atoms with E-state index in [0.717, 1.165) is 5.69 Å². The van der Waals surface area contributed by atoms with E-state index in [1.807, 2.05) is 48.7 Å². The first-order chi connectivity index (χ1) is 18.8. The highest BCUT2D eigenvalue weighted by Crippen LogP contribution is 2.24. The summed E-state index contributed by atoms with van der Waals surface area (Å²) in [6, 6.07) is 20.8. The Labute approximate surface area is 240 Å². The van der Waals surface area contributed by atoms with E-state index in [1.165, 1.54) is 17.8 Å². The van der Waals surface area contributed by atoms with Gasteiger partial charge in [0.15, 0.2) is 11.0 Å². The number of amides is 2. The Balaban J connectivity index is 1.32. The minimum absolute atomic E-state index is 0.134. The molecule has 9 nitrogen and oxygen atoms in total. The summed E-state index contributed by atoms with van der Waals surface area (Å²) in [7, 11) is 0. The SMILES string of the molecule is CCn1c(SCC(=O)Nc2ccc(N=Nc3ccccc3)cc2)nnc1[C@H](C)NC(=O)c1ccc(Cl)cc1Cl. The number of anilines is 1. The van der Waals surface area contributed by atoms with Crippen molar-refractivity contribution in [3.05, 3.63) is 94.2 Å². The van der Waals surface area contributed by atoms with Gasteiger partial charge in [-0.2, -0.15) is 10.2 Å². The van der Waals surface area contributed by atoms with Crippen molar-refractivity contribution in [2.24, 2.45) is 10.2 Å². The lowest BCUT2D eigenvalue weighted by Gasteiger charge is -2.15. The van der Waals surface area contributed by atoms with Crippen molar-refractivity contribution in [2.75, 3.05) is 11.1 Å². The molecule has 0 spiro atoms. The summed E-state index contributed by atoms with van der Waals surface area (Å²) >= 11 is 13.3. The molecule has 0 fully saturated rings. The summed E-state index contributed by atoms with van der Waals surface area (Å²) in [6.07, 6.45) is 0. The fourth-order valence-electron chi connectivity index (χ4n) is 3.59. The van der Waals surface area contributed by atoms with Crippen molar-refractivity contribution >= 4 is 63.8 Å². The molecule has 200 valence electrons. The fourth-order valence-corrected chi connectivity index (χ4v) is 4.89. The van der Waals surface area contributed by atoms with Crippen LogP contribution in [0.5, 0.6) is 0 Å². The van der Waals surface area contributed by atoms with Crippen LogP contribution in [0.4, 0.5) is 17.1 Å². The van der Waals surface area contributed by atoms with E-state index in [4.69, 9.17) is 23.2 Å². The van der Waals surface area contributed by atoms with Gasteiger partial charge in [0.2, 0.25) is 5.91 Å². The van der Waals surface area contributed by atoms with Gasteiger partial charge in [-0.25, -0.2) is 0 Å². The van der Waals surface area contributed by atoms with E-state index >= 15 is 0 Å². The highest BCUT2D eigenvalue weighted by molar-refractivity contribution is 7.99. The average molecular weight is 583 g/mol. The molecule has 4 aromatic rings. The zero-order valence-electron chi connectivity index (χ0n) is 21.1. The molecular formula is C27H25Cl2N7O2S. The molecule has 1 atom stereocenters. The molecule has 4 rings (SSSR count). The number of benzene rings is 3. The zero-order chi connectivity index (χ0) is 27.8. The Morgan fingerprint density at radius 3 is 2.33 bits per heavy atom. The van der Waals surface area contributed by atoms with E-state index in [0.29, 0.717) is 39.5 Å². The van der Waals surface area contributed by atoms with E-state index in [2.05, 4.69) is 31.1 Å². The predicted octanol–water partition coefficient (Wildman–Crippen LogP) is 7.24. The van der Waals surface area contributed by atoms with Gasteiger partial charge < -0.3 is 15.2 Å². The Bertz CT molecular complexity index is 1480. The van der Waals surface area contributed by atoms with Crippen LogP contribution < -0.4 is 10.6 Å². The lowest BCUT2D eigenvalue weighted by atomic mass is 10.2. The second kappa shape index (κ2) is 13.4. The van der Waals surface area contributed by atoms with Gasteiger partial charge in [0.1, 0.15) is 0 Å². The second-order valence-electron chi connectivity index (χ2n) is 8.32. The summed E-state index contributed by atoms with van der Waals surface area (Å²) in [5.41, 5.74) is 2.40. The molecule has 0 radical (unpaired) electrons. The molecule has 39 heavy (non-hydrogen) atoms. The average Bonchev–Trinajstić information content (AvgIpc) is 3.35. The zero-order valence-corrected chi connectivity index (χ0v) is 23.5. The fraction of sp³-hybridized carbons (Fsp3) is 0.185. The number of rotatable bonds is 10. The van der Waals surface area contributed by atoms with Crippen molar-refractivity contribution in [3.8, 4) is 0 Å². The number of carbonyl (C=O) groups excluding carboxylic acids is 2. The van der Waals surface area contributed by atoms with E-state index in [1.54, 1.807) is 36.4 Å². The van der Waals surface area contributed by atoms with Gasteiger partial charge in [-0.15, -0.1) is 10.2 Å². The minimum Gasteiger partial charge on any atom is -0.342 e. The van der Waals surface area contributed by atoms with Crippen molar-refractivity contribution in [1.82, 2.24) is 20.1 Å². The number of thioether (sulfide) groups is 1. The molecule has 0 saturated carbocycles. The quantitative estimate of drug-likeness (QED) is 0.151. The molecule has 3 aromatic carbocycles. The molecule has 0 aliphatic carbocycles. The standard InChI is InChI=1S/C27H25Cl2N7O2S/c1-3-36-25(17(2)30-26(38)22-14-9-18(28)15-23(22)29)34-35-27(36)39-16-24(37)31-19-10-12-21(13-11-19)33-32-20-7-5-4-6-8-20/h4-15,17H,3,16H2,1-2H3,(H,30,38)(H,31,37)/t17-/m0/s1. The molecule has 0 saturated heterocycles. The number of hydrogen-bond donors (Lipinski definition) is 2. The summed E-state index contributed by atoms with van der Waals surface area (Å²) in [6.45, 7) is 4.31. The van der Waals surface area contributed by atoms with Gasteiger partial charge in [-0.05, 0) is 68.4 Å². The van der Waals surface area contributed by atoms with Crippen LogP contribution in [0.15, 0.2) is 88.2 Å². The van der Waals surface area contributed by atoms with Gasteiger partial charge in [-0.3, -0.25) is 9.59 Å². The lowest BCUT2D eigenvalue weighted by Crippen LogP contribution is -2.29. The normalized spacial score (nSPS) is 11.9. The first-order valence-electron chi connectivity index (χ1n) is 12.0. The van der Waals surface area contributed by atoms with E-state index < -0.39 is 6.04 Å². The summed E-state index contributed by atoms with van der Waals surface area (Å²) < 4.78 is 1.86. The first-order valence-corrected chi connectivity index (χ1v) is 13.8. The molecule has 2 amide bonds. The van der Waals surface area contributed by atoms with E-state index in [9.17, 15) is 9.59 Å². The van der Waals surface area contributed by atoms with Gasteiger partial charge in [0, 0.05) is 17.3 Å². The molecule has 2 N–H and O–H groups in total. The molecule has 1 heterocycles. The van der Waals surface area contributed by atoms with E-state index in [-0.39, 0.29) is 22.6 Å². The summed E-state index contributed by atoms with van der Waals surface area (Å²) in [4.78, 5) is 25.3. The molecule has 0 bridgehead atoms. The topological polar surface area (TPSA) is 114 Å². The summed E-state index contributed by atoms with van der Waals surface area (Å²) in [5.74, 6) is 0.161. The monoisotopic (exact) mass is 581 g/mol. The minimum atomic E-state index is -0.447. The molecule has 0 unspecified atom stereocenters. The van der Waals surface area contributed by atoms with Crippen LogP contribution in [0, 0.1) is 0 Å². The number of nitrogens with one attached hydrogen (secondary N) is 2. The maximum atomic E-state index is 12.7. The third-order valence-electron chi connectivity index (χ3n) is 5.49. The largest absolute Gasteiger partial charge is 0.342 e. The molecule has 12 heteroatoms. The number of halogens is 2. The number of carbonyl (C=O) groups is 2. The molecule has 0 aliphatic rings. The van der Waals surface area contributed by atoms with Crippen molar-refractivity contribution in [2.45, 2.75) is 31.6 Å². The van der Waals surface area contributed by atoms with Crippen LogP contribution >= 0.6 is 35.0 Å². The molecule has 0 aliphatic heterocycles. The van der Waals surface area contributed by atoms with Gasteiger partial charge in [0.25, 0.3) is 5.91 Å². The van der Waals surface area contributed by atoms with Gasteiger partial charge in [0.05, 0.1) is 33.8 Å². The molecular weight excluding hydrogens is 557 g/mol. The van der Waals surface area contributed by atoms with Crippen LogP contribution in [-0.4, -0.2) is 32.3 Å². The lowest BCUT2D eigenvalue weighted by molar-refractivity contribution is -0.113. The third kappa shape index (κ3) is 7.66. The first kappa shape index (κ1) is 28.3. The Morgan fingerprint density at radius 1 is 0.974 bits per heavy atom. The third-order valence-corrected chi connectivity index (χ3v) is 7.01. The second-order valence-corrected chi connectivity index (χ2v) is 10.1. The maximum Gasteiger partial charge on any atom is 0.253 e. The highest BCUT2D eigenvalue weighted by Gasteiger charge is 2.21. The van der Waals surface area contributed by atoms with Crippen LogP contribution in [0.2, 0.25) is 10.0 Å². The van der Waals surface area contributed by atoms with Crippen molar-refractivity contribution < 1.29 is 9.59 Å². The van der Waals surface area contributed by atoms with Gasteiger partial charge in [-0.1, -0.05) is 53.2 Å². The van der Waals surface area contributed by atoms with Crippen LogP contribution in [-0.2, 0) is 11.3 Å². The highest BCUT2D eigenvalue weighted by atomic mass is 35.5. The van der Waals surface area contributed by atoms with Crippen LogP contribution in [0.1, 0.15) is 36.1 Å². The Kier molecular flexibility index (Phi) is 9.69. The number of aromatic nitrogens is 3. The van der Waals surface area contributed by atoms with Crippen molar-refractivity contribution in [3.63, 3.8) is 0 Å². The molecule has 1 aromatic heterocycles. The number of hydrogen-bond acceptors (Lipinski definition) is 7. The van der Waals surface area contributed by atoms with Crippen molar-refractivity contribution in [1.29, 1.82) is 0 Å². The predicted molar refractivity (Wildman–Crippen MR) is 154 cm³/mol. The van der Waals surface area contributed by atoms with Crippen LogP contribution in [0.3, 0.4) is 0 Å². The van der Waals surface area contributed by atoms with Gasteiger partial charge >= 0.3 is 0 Å². The van der Waals surface area contributed by atoms with Crippen LogP contribution in [0.25, 0.3) is 0 Å². The number of nitrogens with zero attached hydrogens (tertiary/aromatic N) is 5. The Morgan fingerprint density at radius 2 is 1.67 bits per heavy atom. The Hall–Kier alpha value is -3.73. The number of azo groups is 1. The maximum absolute atomic E-state index is 12.7.